The highest BCUT2D eigenvalue weighted by atomic mass is 32.2. The van der Waals surface area contributed by atoms with Crippen molar-refractivity contribution in [3.63, 3.8) is 0 Å². The number of alkyl halides is 3. The predicted molar refractivity (Wildman–Crippen MR) is 99.8 cm³/mol. The van der Waals surface area contributed by atoms with Gasteiger partial charge in [-0.15, -0.1) is 10.2 Å². The monoisotopic (exact) mass is 430 g/mol. The van der Waals surface area contributed by atoms with Gasteiger partial charge in [0, 0.05) is 18.2 Å². The van der Waals surface area contributed by atoms with E-state index in [0.29, 0.717) is 24.1 Å². The highest BCUT2D eigenvalue weighted by Gasteiger charge is 2.39. The lowest BCUT2D eigenvalue weighted by molar-refractivity contribution is -0.130. The van der Waals surface area contributed by atoms with E-state index >= 15 is 0 Å². The average Bonchev–Trinajstić information content (AvgIpc) is 3.35. The molecule has 0 radical (unpaired) electrons. The number of nitrogens with zero attached hydrogens (tertiary/aromatic N) is 4. The van der Waals surface area contributed by atoms with Crippen LogP contribution in [-0.4, -0.2) is 51.0 Å². The van der Waals surface area contributed by atoms with Crippen LogP contribution in [0.15, 0.2) is 18.5 Å². The van der Waals surface area contributed by atoms with Crippen molar-refractivity contribution in [1.82, 2.24) is 29.3 Å². The highest BCUT2D eigenvalue weighted by Crippen LogP contribution is 2.41. The van der Waals surface area contributed by atoms with E-state index in [-0.39, 0.29) is 11.8 Å². The Bertz CT molecular complexity index is 1120. The summed E-state index contributed by atoms with van der Waals surface area (Å²) < 4.78 is 65.8. The molecule has 1 aliphatic carbocycles. The Morgan fingerprint density at radius 3 is 2.83 bits per heavy atom. The zero-order valence-electron chi connectivity index (χ0n) is 15.6. The first-order valence-electron chi connectivity index (χ1n) is 9.40. The van der Waals surface area contributed by atoms with Crippen molar-refractivity contribution in [3.8, 4) is 0 Å². The Labute approximate surface area is 165 Å². The molecule has 0 bridgehead atoms. The number of hydrogen-bond donors (Lipinski definition) is 2. The molecule has 0 aliphatic heterocycles. The minimum atomic E-state index is -4.50. The fourth-order valence-electron chi connectivity index (χ4n) is 4.19. The number of fused-ring (bicyclic) bond motifs is 3. The molecule has 0 saturated heterocycles. The number of nitrogens with one attached hydrogen (secondary N) is 2. The van der Waals surface area contributed by atoms with Crippen LogP contribution in [0, 0.1) is 5.92 Å². The van der Waals surface area contributed by atoms with E-state index < -0.39 is 34.4 Å². The molecule has 8 nitrogen and oxygen atoms in total. The van der Waals surface area contributed by atoms with Crippen LogP contribution in [0.2, 0.25) is 0 Å². The van der Waals surface area contributed by atoms with Crippen LogP contribution < -0.4 is 4.72 Å². The van der Waals surface area contributed by atoms with Gasteiger partial charge in [0.25, 0.3) is 0 Å². The Hall–Kier alpha value is -2.21. The molecule has 12 heteroatoms. The van der Waals surface area contributed by atoms with Crippen LogP contribution in [0.4, 0.5) is 13.2 Å². The van der Waals surface area contributed by atoms with E-state index in [1.165, 1.54) is 0 Å². The van der Waals surface area contributed by atoms with Gasteiger partial charge in [-0.05, 0) is 24.8 Å². The van der Waals surface area contributed by atoms with Crippen molar-refractivity contribution < 1.29 is 21.6 Å². The van der Waals surface area contributed by atoms with E-state index in [9.17, 15) is 21.6 Å². The SMILES string of the molecule is CCC1CC(NS(=O)(=O)CCC(F)(F)F)CC1c1nnc2cnc3[nH]ccc3n12. The molecular formula is C17H21F3N6O2S. The molecule has 158 valence electrons. The number of halogens is 3. The maximum atomic E-state index is 12.4. The Kier molecular flexibility index (Phi) is 5.01. The van der Waals surface area contributed by atoms with E-state index in [0.717, 1.165) is 17.8 Å². The van der Waals surface area contributed by atoms with Crippen LogP contribution in [0.5, 0.6) is 0 Å². The van der Waals surface area contributed by atoms with Gasteiger partial charge in [0.2, 0.25) is 10.0 Å². The topological polar surface area (TPSA) is 105 Å². The van der Waals surface area contributed by atoms with Crippen LogP contribution in [0.3, 0.4) is 0 Å². The molecule has 3 aromatic heterocycles. The first-order valence-corrected chi connectivity index (χ1v) is 11.1. The molecule has 3 unspecified atom stereocenters. The van der Waals surface area contributed by atoms with Gasteiger partial charge in [-0.1, -0.05) is 13.3 Å². The van der Waals surface area contributed by atoms with Gasteiger partial charge in [0.15, 0.2) is 11.3 Å². The molecule has 0 amide bonds. The number of aromatic nitrogens is 5. The zero-order chi connectivity index (χ0) is 20.8. The van der Waals surface area contributed by atoms with Gasteiger partial charge >= 0.3 is 6.18 Å². The second-order valence-corrected chi connectivity index (χ2v) is 9.34. The van der Waals surface area contributed by atoms with Gasteiger partial charge < -0.3 is 4.98 Å². The lowest BCUT2D eigenvalue weighted by atomic mass is 9.93. The smallest absolute Gasteiger partial charge is 0.345 e. The largest absolute Gasteiger partial charge is 0.390 e. The number of H-pyrrole nitrogens is 1. The molecule has 3 aromatic rings. The van der Waals surface area contributed by atoms with Crippen molar-refractivity contribution in [3.05, 3.63) is 24.3 Å². The lowest BCUT2D eigenvalue weighted by Gasteiger charge is -2.16. The summed E-state index contributed by atoms with van der Waals surface area (Å²) in [5.41, 5.74) is 2.11. The summed E-state index contributed by atoms with van der Waals surface area (Å²) in [7, 11) is -4.02. The maximum absolute atomic E-state index is 12.4. The van der Waals surface area contributed by atoms with Crippen LogP contribution in [-0.2, 0) is 10.0 Å². The van der Waals surface area contributed by atoms with Gasteiger partial charge in [-0.3, -0.25) is 4.40 Å². The standard InChI is InChI=1S/C17H21F3N6O2S/c1-2-10-7-11(25-29(27,28)6-4-17(18,19)20)8-12(10)16-24-23-14-9-22-15-13(26(14)16)3-5-21-15/h3,5,9-12,21,25H,2,4,6-8H2,1H3. The van der Waals surface area contributed by atoms with Crippen LogP contribution in [0.25, 0.3) is 16.8 Å². The van der Waals surface area contributed by atoms with Crippen molar-refractivity contribution in [2.24, 2.45) is 5.92 Å². The zero-order valence-corrected chi connectivity index (χ0v) is 16.5. The Morgan fingerprint density at radius 1 is 1.31 bits per heavy atom. The van der Waals surface area contributed by atoms with E-state index in [2.05, 4.69) is 24.9 Å². The highest BCUT2D eigenvalue weighted by molar-refractivity contribution is 7.89. The minimum Gasteiger partial charge on any atom is -0.345 e. The molecule has 29 heavy (non-hydrogen) atoms. The van der Waals surface area contributed by atoms with Crippen LogP contribution in [0.1, 0.15) is 44.3 Å². The maximum Gasteiger partial charge on any atom is 0.390 e. The van der Waals surface area contributed by atoms with Crippen molar-refractivity contribution in [2.45, 2.75) is 50.7 Å². The van der Waals surface area contributed by atoms with Crippen molar-refractivity contribution in [1.29, 1.82) is 0 Å². The number of sulfonamides is 1. The van der Waals surface area contributed by atoms with Gasteiger partial charge in [0.05, 0.1) is 23.9 Å². The van der Waals surface area contributed by atoms with E-state index in [1.807, 2.05) is 17.4 Å². The molecule has 3 atom stereocenters. The molecule has 2 N–H and O–H groups in total. The molecule has 4 rings (SSSR count). The third-order valence-electron chi connectivity index (χ3n) is 5.52. The molecule has 3 heterocycles. The third kappa shape index (κ3) is 4.08. The number of aromatic amines is 1. The second kappa shape index (κ2) is 7.24. The van der Waals surface area contributed by atoms with Crippen LogP contribution >= 0.6 is 0 Å². The summed E-state index contributed by atoms with van der Waals surface area (Å²) in [5.74, 6) is -0.167. The number of rotatable bonds is 6. The first kappa shape index (κ1) is 20.1. The van der Waals surface area contributed by atoms with Crippen molar-refractivity contribution >= 4 is 26.8 Å². The normalized spacial score (nSPS) is 23.4. The summed E-state index contributed by atoms with van der Waals surface area (Å²) in [4.78, 5) is 7.33. The first-order chi connectivity index (χ1) is 13.7. The summed E-state index contributed by atoms with van der Waals surface area (Å²) in [5, 5.41) is 8.53. The molecular weight excluding hydrogens is 409 g/mol. The third-order valence-corrected chi connectivity index (χ3v) is 6.95. The molecule has 1 aliphatic rings. The Balaban J connectivity index is 1.58. The molecule has 1 saturated carbocycles. The number of hydrogen-bond acceptors (Lipinski definition) is 5. The van der Waals surface area contributed by atoms with Crippen molar-refractivity contribution in [2.75, 3.05) is 5.75 Å². The average molecular weight is 430 g/mol. The van der Waals surface area contributed by atoms with Gasteiger partial charge in [-0.2, -0.15) is 13.2 Å². The van der Waals surface area contributed by atoms with Gasteiger partial charge in [0.1, 0.15) is 5.82 Å². The minimum absolute atomic E-state index is 0.0641. The summed E-state index contributed by atoms with van der Waals surface area (Å²) in [6.45, 7) is 2.01. The molecule has 0 spiro atoms. The quantitative estimate of drug-likeness (QED) is 0.626. The predicted octanol–water partition coefficient (Wildman–Crippen LogP) is 2.75. The Morgan fingerprint density at radius 2 is 2.10 bits per heavy atom. The van der Waals surface area contributed by atoms with Gasteiger partial charge in [-0.25, -0.2) is 18.1 Å². The second-order valence-electron chi connectivity index (χ2n) is 7.47. The molecule has 1 fully saturated rings. The lowest BCUT2D eigenvalue weighted by Crippen LogP contribution is -2.36. The summed E-state index contributed by atoms with van der Waals surface area (Å²) in [6.07, 6.45) is -0.686. The molecule has 0 aromatic carbocycles. The van der Waals surface area contributed by atoms with E-state index in [1.54, 1.807) is 12.4 Å². The van der Waals surface area contributed by atoms with E-state index in [4.69, 9.17) is 0 Å². The summed E-state index contributed by atoms with van der Waals surface area (Å²) in [6, 6.07) is 1.44. The fourth-order valence-corrected chi connectivity index (χ4v) is 5.51. The fraction of sp³-hybridized carbons (Fsp3) is 0.588. The summed E-state index contributed by atoms with van der Waals surface area (Å²) >= 11 is 0.